The normalized spacial score (nSPS) is 23.1. The molecule has 2 aliphatic heterocycles. The van der Waals surface area contributed by atoms with Crippen molar-refractivity contribution in [3.05, 3.63) is 28.2 Å². The molecule has 4 rings (SSSR count). The summed E-state index contributed by atoms with van der Waals surface area (Å²) in [4.78, 5) is 46.3. The molecular formula is C24H34N4O5S. The molecule has 1 saturated heterocycles. The molecule has 1 saturated carbocycles. The van der Waals surface area contributed by atoms with Crippen LogP contribution >= 0.6 is 11.3 Å². The molecule has 186 valence electrons. The Hall–Kier alpha value is -2.62. The first-order chi connectivity index (χ1) is 16.5. The number of fused-ring (bicyclic) bond motifs is 1. The van der Waals surface area contributed by atoms with Gasteiger partial charge in [0.1, 0.15) is 6.61 Å². The Bertz CT molecular complexity index is 903. The summed E-state index contributed by atoms with van der Waals surface area (Å²) < 4.78 is 10.0. The number of amides is 3. The summed E-state index contributed by atoms with van der Waals surface area (Å²) in [5.41, 5.74) is 1.09. The Kier molecular flexibility index (Phi) is 8.07. The fourth-order valence-electron chi connectivity index (χ4n) is 5.00. The largest absolute Gasteiger partial charge is 0.469 e. The Balaban J connectivity index is 1.23. The number of carbonyl (C=O) groups is 3. The Labute approximate surface area is 204 Å². The predicted molar refractivity (Wildman–Crippen MR) is 128 cm³/mol. The Morgan fingerprint density at radius 1 is 1.12 bits per heavy atom. The second-order valence-electron chi connectivity index (χ2n) is 9.24. The van der Waals surface area contributed by atoms with Crippen LogP contribution in [0.4, 0.5) is 9.59 Å². The second-order valence-corrected chi connectivity index (χ2v) is 10.4. The maximum absolute atomic E-state index is 12.8. The molecule has 9 nitrogen and oxygen atoms in total. The highest BCUT2D eigenvalue weighted by Gasteiger charge is 2.32. The Morgan fingerprint density at radius 2 is 1.85 bits per heavy atom. The third-order valence-corrected chi connectivity index (χ3v) is 8.30. The lowest BCUT2D eigenvalue weighted by atomic mass is 9.86. The molecule has 10 heteroatoms. The van der Waals surface area contributed by atoms with Crippen molar-refractivity contribution in [1.82, 2.24) is 20.1 Å². The molecule has 0 bridgehead atoms. The topological polar surface area (TPSA) is 101 Å². The summed E-state index contributed by atoms with van der Waals surface area (Å²) in [5.74, 6) is 0.162. The second kappa shape index (κ2) is 11.2. The van der Waals surface area contributed by atoms with Crippen LogP contribution < -0.4 is 5.32 Å². The first-order valence-corrected chi connectivity index (χ1v) is 12.9. The zero-order valence-electron chi connectivity index (χ0n) is 19.8. The highest BCUT2D eigenvalue weighted by atomic mass is 32.1. The highest BCUT2D eigenvalue weighted by molar-refractivity contribution is 7.11. The molecule has 0 aromatic carbocycles. The van der Waals surface area contributed by atoms with Crippen LogP contribution in [-0.2, 0) is 27.2 Å². The summed E-state index contributed by atoms with van der Waals surface area (Å²) in [6, 6.07) is 0.116. The number of aromatic nitrogens is 1. The molecule has 1 N–H and O–H groups in total. The van der Waals surface area contributed by atoms with E-state index in [2.05, 4.69) is 11.9 Å². The smallest absolute Gasteiger partial charge is 0.410 e. The number of likely N-dealkylation sites (tertiary alicyclic amines) is 1. The molecule has 3 heterocycles. The van der Waals surface area contributed by atoms with E-state index in [0.29, 0.717) is 32.1 Å². The zero-order chi connectivity index (χ0) is 24.1. The fourth-order valence-corrected chi connectivity index (χ4v) is 6.30. The van der Waals surface area contributed by atoms with Crippen LogP contribution in [0.3, 0.4) is 0 Å². The number of nitrogens with one attached hydrogen (secondary N) is 1. The standard InChI is InChI=1S/C24H34N4O5S/c1-3-14-33-24(31)28-13-10-19-20(15-28)34-21(26-19)16-8-11-27(12-9-16)23(30)25-18-6-4-17(5-7-18)22(29)32-2/h3,16-18H,1,4-15H2,2H3,(H,25,30). The maximum Gasteiger partial charge on any atom is 0.410 e. The molecule has 3 aliphatic rings. The van der Waals surface area contributed by atoms with E-state index in [4.69, 9.17) is 14.5 Å². The van der Waals surface area contributed by atoms with E-state index in [1.54, 1.807) is 22.3 Å². The minimum Gasteiger partial charge on any atom is -0.469 e. The van der Waals surface area contributed by atoms with Crippen molar-refractivity contribution in [3.8, 4) is 0 Å². The molecule has 0 atom stereocenters. The minimum atomic E-state index is -0.307. The van der Waals surface area contributed by atoms with E-state index < -0.39 is 0 Å². The number of carbonyl (C=O) groups excluding carboxylic acids is 3. The number of thiazole rings is 1. The van der Waals surface area contributed by atoms with Gasteiger partial charge in [-0.25, -0.2) is 14.6 Å². The molecule has 1 aromatic heterocycles. The van der Waals surface area contributed by atoms with Crippen LogP contribution in [0.25, 0.3) is 0 Å². The van der Waals surface area contributed by atoms with Crippen LogP contribution in [0.2, 0.25) is 0 Å². The average Bonchev–Trinajstić information content (AvgIpc) is 3.31. The number of urea groups is 1. The van der Waals surface area contributed by atoms with Gasteiger partial charge in [-0.3, -0.25) is 4.79 Å². The number of esters is 1. The van der Waals surface area contributed by atoms with Gasteiger partial charge in [-0.15, -0.1) is 11.3 Å². The van der Waals surface area contributed by atoms with Crippen LogP contribution in [0.5, 0.6) is 0 Å². The SMILES string of the molecule is C=CCOC(=O)N1CCc2nc(C3CCN(C(=O)NC4CCC(C(=O)OC)CC4)CC3)sc2C1. The van der Waals surface area contributed by atoms with Crippen LogP contribution in [0.15, 0.2) is 12.7 Å². The number of methoxy groups -OCH3 is 1. The van der Waals surface area contributed by atoms with Crippen molar-refractivity contribution < 1.29 is 23.9 Å². The van der Waals surface area contributed by atoms with Gasteiger partial charge in [-0.1, -0.05) is 12.7 Å². The lowest BCUT2D eigenvalue weighted by Gasteiger charge is -2.34. The van der Waals surface area contributed by atoms with E-state index in [9.17, 15) is 14.4 Å². The van der Waals surface area contributed by atoms with Gasteiger partial charge >= 0.3 is 18.1 Å². The van der Waals surface area contributed by atoms with Gasteiger partial charge in [-0.05, 0) is 38.5 Å². The number of rotatable bonds is 5. The first kappa shape index (κ1) is 24.5. The maximum atomic E-state index is 12.8. The van der Waals surface area contributed by atoms with Gasteiger partial charge in [0.2, 0.25) is 0 Å². The molecule has 2 fully saturated rings. The number of nitrogens with zero attached hydrogens (tertiary/aromatic N) is 3. The van der Waals surface area contributed by atoms with Crippen molar-refractivity contribution in [2.45, 2.75) is 63.5 Å². The predicted octanol–water partition coefficient (Wildman–Crippen LogP) is 3.44. The Morgan fingerprint density at radius 3 is 2.53 bits per heavy atom. The first-order valence-electron chi connectivity index (χ1n) is 12.1. The van der Waals surface area contributed by atoms with Crippen molar-refractivity contribution in [2.24, 2.45) is 5.92 Å². The summed E-state index contributed by atoms with van der Waals surface area (Å²) in [7, 11) is 1.43. The van der Waals surface area contributed by atoms with Crippen molar-refractivity contribution in [2.75, 3.05) is 33.4 Å². The van der Waals surface area contributed by atoms with E-state index in [1.807, 2.05) is 4.90 Å². The van der Waals surface area contributed by atoms with Gasteiger partial charge < -0.3 is 24.6 Å². The molecule has 34 heavy (non-hydrogen) atoms. The monoisotopic (exact) mass is 490 g/mol. The van der Waals surface area contributed by atoms with Crippen LogP contribution in [-0.4, -0.2) is 72.3 Å². The summed E-state index contributed by atoms with van der Waals surface area (Å²) >= 11 is 1.69. The molecular weight excluding hydrogens is 456 g/mol. The molecule has 1 aromatic rings. The third-order valence-electron chi connectivity index (χ3n) is 7.05. The molecule has 1 aliphatic carbocycles. The average molecular weight is 491 g/mol. The van der Waals surface area contributed by atoms with E-state index in [1.165, 1.54) is 7.11 Å². The molecule has 0 spiro atoms. The highest BCUT2D eigenvalue weighted by Crippen LogP contribution is 2.35. The lowest BCUT2D eigenvalue weighted by Crippen LogP contribution is -2.48. The van der Waals surface area contributed by atoms with E-state index in [0.717, 1.165) is 60.5 Å². The number of hydrogen-bond acceptors (Lipinski definition) is 7. The fraction of sp³-hybridized carbons (Fsp3) is 0.667. The van der Waals surface area contributed by atoms with Crippen molar-refractivity contribution >= 4 is 29.4 Å². The quantitative estimate of drug-likeness (QED) is 0.501. The summed E-state index contributed by atoms with van der Waals surface area (Å²) in [6.45, 7) is 6.37. The van der Waals surface area contributed by atoms with Gasteiger partial charge in [0.05, 0.1) is 30.3 Å². The van der Waals surface area contributed by atoms with Gasteiger partial charge in [0.25, 0.3) is 0 Å². The van der Waals surface area contributed by atoms with E-state index in [-0.39, 0.29) is 36.7 Å². The summed E-state index contributed by atoms with van der Waals surface area (Å²) in [6.07, 6.45) is 6.93. The third kappa shape index (κ3) is 5.71. The molecule has 3 amide bonds. The van der Waals surface area contributed by atoms with Gasteiger partial charge in [-0.2, -0.15) is 0 Å². The lowest BCUT2D eigenvalue weighted by molar-refractivity contribution is -0.146. The minimum absolute atomic E-state index is 0.00733. The number of piperidine rings is 1. The van der Waals surface area contributed by atoms with Gasteiger partial charge in [0, 0.05) is 42.9 Å². The van der Waals surface area contributed by atoms with Crippen LogP contribution in [0, 0.1) is 5.92 Å². The van der Waals surface area contributed by atoms with Crippen molar-refractivity contribution in [3.63, 3.8) is 0 Å². The zero-order valence-corrected chi connectivity index (χ0v) is 20.6. The van der Waals surface area contributed by atoms with Gasteiger partial charge in [0.15, 0.2) is 0 Å². The van der Waals surface area contributed by atoms with Crippen LogP contribution in [0.1, 0.15) is 60.0 Å². The number of hydrogen-bond donors (Lipinski definition) is 1. The van der Waals surface area contributed by atoms with E-state index >= 15 is 0 Å². The molecule has 0 unspecified atom stereocenters. The van der Waals surface area contributed by atoms with Crippen molar-refractivity contribution in [1.29, 1.82) is 0 Å². The number of ether oxygens (including phenoxy) is 2. The summed E-state index contributed by atoms with van der Waals surface area (Å²) in [5, 5.41) is 4.27. The molecule has 0 radical (unpaired) electrons.